The van der Waals surface area contributed by atoms with Crippen LogP contribution in [0.25, 0.3) is 0 Å². The number of amides is 4. The number of methoxy groups -OCH3 is 2. The highest BCUT2D eigenvalue weighted by atomic mass is 32.2. The van der Waals surface area contributed by atoms with E-state index in [4.69, 9.17) is 9.47 Å². The normalized spacial score (nSPS) is 11.3. The molecule has 3 rings (SSSR count). The van der Waals surface area contributed by atoms with Crippen molar-refractivity contribution in [3.05, 3.63) is 36.7 Å². The van der Waals surface area contributed by atoms with Crippen LogP contribution >= 0.6 is 0 Å². The standard InChI is InChI=1S/C14H14F3N5O6S.C4H5N5O3S/c1-26-9-6-10(27-2)20-12(19-9)21-13(23)22-29(24,25)11-8(4-3-5-18-11)28-7-14(15,16)17;5-4(10)8-13(11,12)3-1-2-6-9-7-3/h3-6H,7H2,1-2H3,(H2,19,20,21,22,23);1-2H,(H3,5,8,10). The lowest BCUT2D eigenvalue weighted by Gasteiger charge is -2.13. The third-order valence-electron chi connectivity index (χ3n) is 3.92. The molecular weight excluding hydrogens is 621 g/mol. The second kappa shape index (κ2) is 14.0. The maximum atomic E-state index is 12.3. The fourth-order valence-electron chi connectivity index (χ4n) is 2.37. The first-order valence-corrected chi connectivity index (χ1v) is 13.4. The lowest BCUT2D eigenvalue weighted by atomic mass is 10.4. The molecular formula is C18H19F3N10O9S2. The van der Waals surface area contributed by atoms with Crippen LogP contribution in [-0.4, -0.2) is 86.3 Å². The van der Waals surface area contributed by atoms with E-state index in [9.17, 15) is 39.6 Å². The Morgan fingerprint density at radius 3 is 2.14 bits per heavy atom. The molecule has 0 radical (unpaired) electrons. The summed E-state index contributed by atoms with van der Waals surface area (Å²) >= 11 is 0. The molecule has 0 atom stereocenters. The number of hydrogen-bond acceptors (Lipinski definition) is 15. The number of aromatic nitrogens is 6. The van der Waals surface area contributed by atoms with Gasteiger partial charge in [0.05, 0.1) is 26.5 Å². The predicted octanol–water partition coefficient (Wildman–Crippen LogP) is -0.431. The molecule has 0 aliphatic rings. The molecule has 0 aliphatic heterocycles. The molecule has 0 spiro atoms. The molecule has 0 saturated heterocycles. The van der Waals surface area contributed by atoms with Crippen LogP contribution in [0, 0.1) is 0 Å². The summed E-state index contributed by atoms with van der Waals surface area (Å²) < 4.78 is 101. The Morgan fingerprint density at radius 1 is 0.976 bits per heavy atom. The number of primary amides is 1. The van der Waals surface area contributed by atoms with Crippen LogP contribution < -0.4 is 34.7 Å². The number of carbonyl (C=O) groups is 2. The summed E-state index contributed by atoms with van der Waals surface area (Å²) in [7, 11) is -6.11. The molecule has 0 aromatic carbocycles. The molecule has 3 aromatic rings. The second-order valence-corrected chi connectivity index (χ2v) is 10.2. The summed E-state index contributed by atoms with van der Waals surface area (Å²) in [6.07, 6.45) is -2.57. The van der Waals surface area contributed by atoms with Crippen LogP contribution in [0.4, 0.5) is 28.7 Å². The Bertz CT molecular complexity index is 1590. The Hall–Kier alpha value is -5.13. The van der Waals surface area contributed by atoms with Gasteiger partial charge >= 0.3 is 18.2 Å². The molecule has 3 aromatic heterocycles. The van der Waals surface area contributed by atoms with Crippen molar-refractivity contribution < 1.29 is 53.8 Å². The van der Waals surface area contributed by atoms with E-state index in [1.807, 2.05) is 5.32 Å². The van der Waals surface area contributed by atoms with Crippen LogP contribution in [0.3, 0.4) is 0 Å². The summed E-state index contributed by atoms with van der Waals surface area (Å²) in [4.78, 5) is 33.3. The van der Waals surface area contributed by atoms with Gasteiger partial charge in [-0.15, -0.1) is 10.2 Å². The summed E-state index contributed by atoms with van der Waals surface area (Å²) in [6.45, 7) is -1.75. The van der Waals surface area contributed by atoms with E-state index in [1.54, 1.807) is 4.72 Å². The van der Waals surface area contributed by atoms with Crippen molar-refractivity contribution in [3.63, 3.8) is 0 Å². The quantitative estimate of drug-likeness (QED) is 0.231. The highest BCUT2D eigenvalue weighted by Crippen LogP contribution is 2.24. The average Bonchev–Trinajstić information content (AvgIpc) is 2.91. The topological polar surface area (TPSA) is 270 Å². The van der Waals surface area contributed by atoms with Crippen LogP contribution in [0.5, 0.6) is 17.5 Å². The highest BCUT2D eigenvalue weighted by molar-refractivity contribution is 7.90. The van der Waals surface area contributed by atoms with Crippen molar-refractivity contribution in [3.8, 4) is 17.5 Å². The zero-order chi connectivity index (χ0) is 31.6. The minimum absolute atomic E-state index is 0.0163. The summed E-state index contributed by atoms with van der Waals surface area (Å²) in [5.74, 6) is -1.02. The number of anilines is 1. The molecule has 0 bridgehead atoms. The minimum atomic E-state index is -4.70. The number of nitrogens with one attached hydrogen (secondary N) is 3. The third kappa shape index (κ3) is 10.5. The van der Waals surface area contributed by atoms with Crippen molar-refractivity contribution in [1.29, 1.82) is 0 Å². The Balaban J connectivity index is 0.000000395. The van der Waals surface area contributed by atoms with Gasteiger partial charge in [-0.2, -0.15) is 40.0 Å². The van der Waals surface area contributed by atoms with Gasteiger partial charge in [0.15, 0.2) is 12.4 Å². The molecule has 4 amide bonds. The molecule has 0 aliphatic carbocycles. The van der Waals surface area contributed by atoms with E-state index < -0.39 is 60.7 Å². The maximum absolute atomic E-state index is 12.3. The number of nitrogens with zero attached hydrogens (tertiary/aromatic N) is 6. The maximum Gasteiger partial charge on any atom is 0.422 e. The molecule has 24 heteroatoms. The van der Waals surface area contributed by atoms with Gasteiger partial charge in [-0.1, -0.05) is 0 Å². The Kier molecular flexibility index (Phi) is 11.0. The molecule has 0 fully saturated rings. The molecule has 42 heavy (non-hydrogen) atoms. The molecule has 5 N–H and O–H groups in total. The van der Waals surface area contributed by atoms with E-state index in [1.165, 1.54) is 31.1 Å². The number of carbonyl (C=O) groups excluding carboxylic acids is 2. The van der Waals surface area contributed by atoms with Gasteiger partial charge < -0.3 is 19.9 Å². The number of hydrogen-bond donors (Lipinski definition) is 4. The van der Waals surface area contributed by atoms with Crippen molar-refractivity contribution in [2.75, 3.05) is 26.1 Å². The predicted molar refractivity (Wildman–Crippen MR) is 130 cm³/mol. The smallest absolute Gasteiger partial charge is 0.422 e. The molecule has 19 nitrogen and oxygen atoms in total. The zero-order valence-corrected chi connectivity index (χ0v) is 22.7. The third-order valence-corrected chi connectivity index (χ3v) is 6.43. The Morgan fingerprint density at radius 2 is 1.62 bits per heavy atom. The SMILES string of the molecule is COc1cc(OC)nc(NC(=O)NS(=O)(=O)c2ncccc2OCC(F)(F)F)n1.NC(=O)NS(=O)(=O)c1ccnnn1. The molecule has 228 valence electrons. The van der Waals surface area contributed by atoms with Gasteiger partial charge in [0.1, 0.15) is 0 Å². The lowest BCUT2D eigenvalue weighted by Crippen LogP contribution is -2.35. The largest absolute Gasteiger partial charge is 0.481 e. The van der Waals surface area contributed by atoms with Crippen molar-refractivity contribution in [2.45, 2.75) is 16.2 Å². The first kappa shape index (κ1) is 33.1. The highest BCUT2D eigenvalue weighted by Gasteiger charge is 2.31. The van der Waals surface area contributed by atoms with Crippen LogP contribution in [0.1, 0.15) is 0 Å². The Labute approximate surface area is 234 Å². The summed E-state index contributed by atoms with van der Waals surface area (Å²) in [5.41, 5.74) is 4.62. The van der Waals surface area contributed by atoms with Gasteiger partial charge in [0, 0.05) is 6.20 Å². The van der Waals surface area contributed by atoms with Crippen LogP contribution in [0.15, 0.2) is 46.7 Å². The number of rotatable bonds is 9. The van der Waals surface area contributed by atoms with E-state index in [2.05, 4.69) is 40.8 Å². The fourth-order valence-corrected chi connectivity index (χ4v) is 4.11. The summed E-state index contributed by atoms with van der Waals surface area (Å²) in [6, 6.07) is 2.02. The lowest BCUT2D eigenvalue weighted by molar-refractivity contribution is -0.153. The number of alkyl halides is 3. The zero-order valence-electron chi connectivity index (χ0n) is 21.1. The first-order chi connectivity index (χ1) is 19.6. The molecule has 0 saturated carbocycles. The number of pyridine rings is 1. The van der Waals surface area contributed by atoms with Gasteiger partial charge in [0.25, 0.3) is 20.0 Å². The van der Waals surface area contributed by atoms with E-state index in [-0.39, 0.29) is 17.7 Å². The van der Waals surface area contributed by atoms with Gasteiger partial charge in [-0.3, -0.25) is 5.32 Å². The average molecular weight is 641 g/mol. The second-order valence-electron chi connectivity index (χ2n) is 6.98. The minimum Gasteiger partial charge on any atom is -0.481 e. The number of urea groups is 2. The van der Waals surface area contributed by atoms with Crippen molar-refractivity contribution >= 4 is 38.1 Å². The van der Waals surface area contributed by atoms with Crippen molar-refractivity contribution in [2.24, 2.45) is 5.73 Å². The van der Waals surface area contributed by atoms with E-state index in [0.717, 1.165) is 24.5 Å². The van der Waals surface area contributed by atoms with Crippen LogP contribution in [0.2, 0.25) is 0 Å². The monoisotopic (exact) mass is 640 g/mol. The number of sulfonamides is 2. The number of halogens is 3. The number of ether oxygens (including phenoxy) is 3. The van der Waals surface area contributed by atoms with Gasteiger partial charge in [-0.25, -0.2) is 24.0 Å². The van der Waals surface area contributed by atoms with E-state index in [0.29, 0.717) is 0 Å². The fraction of sp³-hybridized carbons (Fsp3) is 0.222. The first-order valence-electron chi connectivity index (χ1n) is 10.5. The van der Waals surface area contributed by atoms with Gasteiger partial charge in [-0.05, 0) is 23.4 Å². The van der Waals surface area contributed by atoms with Crippen LogP contribution in [-0.2, 0) is 20.0 Å². The van der Waals surface area contributed by atoms with Crippen molar-refractivity contribution in [1.82, 2.24) is 39.8 Å². The van der Waals surface area contributed by atoms with Gasteiger partial charge in [0.2, 0.25) is 27.8 Å². The summed E-state index contributed by atoms with van der Waals surface area (Å²) in [5, 5.41) is 10.2. The van der Waals surface area contributed by atoms with E-state index >= 15 is 0 Å². The molecule has 3 heterocycles. The number of nitrogens with two attached hydrogens (primary N) is 1. The molecule has 0 unspecified atom stereocenters.